The predicted octanol–water partition coefficient (Wildman–Crippen LogP) is 3.01. The number of carbonyl (C=O) groups excluding carboxylic acids is 2. The Morgan fingerprint density at radius 1 is 1.22 bits per heavy atom. The monoisotopic (exact) mass is 332 g/mol. The third-order valence-corrected chi connectivity index (χ3v) is 4.27. The molecule has 5 nitrogen and oxygen atoms in total. The zero-order valence-corrected chi connectivity index (χ0v) is 14.5. The van der Waals surface area contributed by atoms with E-state index in [9.17, 15) is 9.59 Å². The number of methoxy groups -OCH3 is 1. The van der Waals surface area contributed by atoms with Gasteiger partial charge in [-0.3, -0.25) is 4.79 Å². The molecule has 1 aromatic carbocycles. The highest BCUT2D eigenvalue weighted by Crippen LogP contribution is 2.40. The lowest BCUT2D eigenvalue weighted by Crippen LogP contribution is -2.27. The summed E-state index contributed by atoms with van der Waals surface area (Å²) in [6, 6.07) is 9.62. The molecular weight excluding hydrogens is 312 g/mol. The van der Waals surface area contributed by atoms with Crippen LogP contribution in [-0.2, 0) is 9.53 Å². The Morgan fingerprint density at radius 2 is 1.87 bits per heavy atom. The van der Waals surface area contributed by atoms with E-state index in [0.29, 0.717) is 10.6 Å². The second-order valence-electron chi connectivity index (χ2n) is 5.38. The van der Waals surface area contributed by atoms with Gasteiger partial charge in [0.15, 0.2) is 0 Å². The van der Waals surface area contributed by atoms with E-state index in [0.717, 1.165) is 16.0 Å². The fourth-order valence-electron chi connectivity index (χ4n) is 2.34. The van der Waals surface area contributed by atoms with E-state index < -0.39 is 5.97 Å². The van der Waals surface area contributed by atoms with Crippen molar-refractivity contribution in [3.63, 3.8) is 0 Å². The van der Waals surface area contributed by atoms with Gasteiger partial charge in [0.05, 0.1) is 13.7 Å². The third-order valence-electron chi connectivity index (χ3n) is 3.25. The minimum absolute atomic E-state index is 0.166. The SMILES string of the molecule is COC(=O)c1c(NC(=O)CN(C)C)sc(C)c1-c1ccccc1. The van der Waals surface area contributed by atoms with Gasteiger partial charge < -0.3 is 15.0 Å². The van der Waals surface area contributed by atoms with Crippen molar-refractivity contribution in [2.24, 2.45) is 0 Å². The first-order valence-corrected chi connectivity index (χ1v) is 7.97. The van der Waals surface area contributed by atoms with Gasteiger partial charge in [0.2, 0.25) is 5.91 Å². The Bertz CT molecular complexity index is 708. The Morgan fingerprint density at radius 3 is 2.43 bits per heavy atom. The highest BCUT2D eigenvalue weighted by atomic mass is 32.1. The molecule has 0 unspecified atom stereocenters. The summed E-state index contributed by atoms with van der Waals surface area (Å²) in [7, 11) is 4.97. The number of nitrogens with zero attached hydrogens (tertiary/aromatic N) is 1. The predicted molar refractivity (Wildman–Crippen MR) is 93.0 cm³/mol. The van der Waals surface area contributed by atoms with E-state index in [1.54, 1.807) is 4.90 Å². The quantitative estimate of drug-likeness (QED) is 0.855. The maximum absolute atomic E-state index is 12.3. The molecule has 122 valence electrons. The number of rotatable bonds is 5. The lowest BCUT2D eigenvalue weighted by atomic mass is 10.0. The van der Waals surface area contributed by atoms with Crippen molar-refractivity contribution in [1.82, 2.24) is 4.90 Å². The second-order valence-corrected chi connectivity index (χ2v) is 6.61. The molecule has 0 atom stereocenters. The molecule has 23 heavy (non-hydrogen) atoms. The van der Waals surface area contributed by atoms with Crippen LogP contribution in [0.1, 0.15) is 15.2 Å². The van der Waals surface area contributed by atoms with E-state index in [-0.39, 0.29) is 12.5 Å². The summed E-state index contributed by atoms with van der Waals surface area (Å²) in [4.78, 5) is 27.0. The van der Waals surface area contributed by atoms with Crippen LogP contribution in [-0.4, -0.2) is 44.5 Å². The molecule has 0 radical (unpaired) electrons. The van der Waals surface area contributed by atoms with Gasteiger partial charge in [-0.25, -0.2) is 4.79 Å². The third kappa shape index (κ3) is 3.97. The van der Waals surface area contributed by atoms with E-state index in [1.165, 1.54) is 18.4 Å². The normalized spacial score (nSPS) is 10.7. The number of nitrogens with one attached hydrogen (secondary N) is 1. The molecule has 0 aliphatic rings. The van der Waals surface area contributed by atoms with Gasteiger partial charge in [-0.1, -0.05) is 30.3 Å². The van der Waals surface area contributed by atoms with Gasteiger partial charge in [-0.05, 0) is 26.6 Å². The molecule has 1 heterocycles. The maximum atomic E-state index is 12.3. The van der Waals surface area contributed by atoms with Gasteiger partial charge in [0, 0.05) is 10.4 Å². The Balaban J connectivity index is 2.48. The lowest BCUT2D eigenvalue weighted by Gasteiger charge is -2.10. The number of thiophene rings is 1. The number of carbonyl (C=O) groups is 2. The highest BCUT2D eigenvalue weighted by Gasteiger charge is 2.24. The second kappa shape index (κ2) is 7.39. The average Bonchev–Trinajstić information content (AvgIpc) is 2.82. The van der Waals surface area contributed by atoms with Crippen molar-refractivity contribution < 1.29 is 14.3 Å². The molecule has 1 aromatic heterocycles. The molecular formula is C17H20N2O3S. The topological polar surface area (TPSA) is 58.6 Å². The number of likely N-dealkylation sites (N-methyl/N-ethyl adjacent to an activating group) is 1. The highest BCUT2D eigenvalue weighted by molar-refractivity contribution is 7.17. The van der Waals surface area contributed by atoms with Crippen LogP contribution in [0.4, 0.5) is 5.00 Å². The Labute approximate surface area is 139 Å². The molecule has 6 heteroatoms. The fraction of sp³-hybridized carbons (Fsp3) is 0.294. The molecule has 0 bridgehead atoms. The van der Waals surface area contributed by atoms with Crippen molar-refractivity contribution in [3.05, 3.63) is 40.8 Å². The van der Waals surface area contributed by atoms with Crippen LogP contribution >= 0.6 is 11.3 Å². The number of hydrogen-bond acceptors (Lipinski definition) is 5. The number of aryl methyl sites for hydroxylation is 1. The summed E-state index contributed by atoms with van der Waals surface area (Å²) in [5.74, 6) is -0.616. The van der Waals surface area contributed by atoms with Crippen molar-refractivity contribution in [3.8, 4) is 11.1 Å². The molecule has 0 fully saturated rings. The summed E-state index contributed by atoms with van der Waals surface area (Å²) >= 11 is 1.38. The maximum Gasteiger partial charge on any atom is 0.341 e. The van der Waals surface area contributed by atoms with Crippen molar-refractivity contribution in [2.45, 2.75) is 6.92 Å². The van der Waals surface area contributed by atoms with Crippen molar-refractivity contribution in [2.75, 3.05) is 33.1 Å². The van der Waals surface area contributed by atoms with Gasteiger partial charge in [0.25, 0.3) is 0 Å². The van der Waals surface area contributed by atoms with E-state index in [1.807, 2.05) is 51.4 Å². The fourth-order valence-corrected chi connectivity index (χ4v) is 3.42. The molecule has 0 spiro atoms. The van der Waals surface area contributed by atoms with E-state index in [4.69, 9.17) is 4.74 Å². The number of esters is 1. The number of anilines is 1. The summed E-state index contributed by atoms with van der Waals surface area (Å²) in [6.07, 6.45) is 0. The van der Waals surface area contributed by atoms with Gasteiger partial charge in [-0.15, -0.1) is 11.3 Å². The molecule has 1 amide bonds. The molecule has 2 aromatic rings. The van der Waals surface area contributed by atoms with Gasteiger partial charge in [-0.2, -0.15) is 0 Å². The van der Waals surface area contributed by atoms with Crippen molar-refractivity contribution in [1.29, 1.82) is 0 Å². The van der Waals surface area contributed by atoms with Crippen LogP contribution in [0, 0.1) is 6.92 Å². The van der Waals surface area contributed by atoms with Crippen LogP contribution in [0.25, 0.3) is 11.1 Å². The summed E-state index contributed by atoms with van der Waals surface area (Å²) in [5, 5.41) is 3.35. The molecule has 2 rings (SSSR count). The minimum Gasteiger partial charge on any atom is -0.465 e. The van der Waals surface area contributed by atoms with Crippen LogP contribution in [0.2, 0.25) is 0 Å². The number of benzene rings is 1. The molecule has 0 aliphatic heterocycles. The molecule has 0 aliphatic carbocycles. The van der Waals surface area contributed by atoms with Crippen LogP contribution in [0.3, 0.4) is 0 Å². The Kier molecular flexibility index (Phi) is 5.52. The smallest absolute Gasteiger partial charge is 0.341 e. The number of ether oxygens (including phenoxy) is 1. The first-order valence-electron chi connectivity index (χ1n) is 7.15. The van der Waals surface area contributed by atoms with Crippen molar-refractivity contribution >= 4 is 28.2 Å². The summed E-state index contributed by atoms with van der Waals surface area (Å²) in [5.41, 5.74) is 2.14. The Hall–Kier alpha value is -2.18. The molecule has 0 saturated carbocycles. The van der Waals surface area contributed by atoms with Crippen LogP contribution in [0.5, 0.6) is 0 Å². The van der Waals surface area contributed by atoms with Gasteiger partial charge in [0.1, 0.15) is 10.6 Å². The van der Waals surface area contributed by atoms with Crippen LogP contribution < -0.4 is 5.32 Å². The molecule has 1 N–H and O–H groups in total. The average molecular weight is 332 g/mol. The first-order chi connectivity index (χ1) is 10.9. The minimum atomic E-state index is -0.451. The number of amides is 1. The zero-order chi connectivity index (χ0) is 17.0. The standard InChI is InChI=1S/C17H20N2O3S/c1-11-14(12-8-6-5-7-9-12)15(17(21)22-4)16(23-11)18-13(20)10-19(2)3/h5-9H,10H2,1-4H3,(H,18,20). The van der Waals surface area contributed by atoms with Crippen LogP contribution in [0.15, 0.2) is 30.3 Å². The number of hydrogen-bond donors (Lipinski definition) is 1. The van der Waals surface area contributed by atoms with E-state index >= 15 is 0 Å². The first kappa shape index (κ1) is 17.2. The van der Waals surface area contributed by atoms with Gasteiger partial charge >= 0.3 is 5.97 Å². The lowest BCUT2D eigenvalue weighted by molar-refractivity contribution is -0.116. The largest absolute Gasteiger partial charge is 0.465 e. The summed E-state index contributed by atoms with van der Waals surface area (Å²) in [6.45, 7) is 2.18. The van der Waals surface area contributed by atoms with E-state index in [2.05, 4.69) is 5.32 Å². The summed E-state index contributed by atoms with van der Waals surface area (Å²) < 4.78 is 4.92. The zero-order valence-electron chi connectivity index (χ0n) is 13.7. The molecule has 0 saturated heterocycles.